The molecule has 2 amide bonds. The number of ether oxygens (including phenoxy) is 1. The Morgan fingerprint density at radius 3 is 2.33 bits per heavy atom. The maximum Gasteiger partial charge on any atom is 0.279 e. The number of carbonyl (C=O) groups is 2. The summed E-state index contributed by atoms with van der Waals surface area (Å²) in [5.74, 6) is -0.707. The van der Waals surface area contributed by atoms with E-state index in [9.17, 15) is 18.0 Å². The third-order valence-corrected chi connectivity index (χ3v) is 6.20. The first kappa shape index (κ1) is 24.1. The first-order chi connectivity index (χ1) is 15.8. The number of anilines is 1. The Morgan fingerprint density at radius 1 is 0.939 bits per heavy atom. The molecule has 0 aliphatic heterocycles. The molecule has 0 aliphatic carbocycles. The van der Waals surface area contributed by atoms with Gasteiger partial charge in [-0.3, -0.25) is 25.2 Å². The summed E-state index contributed by atoms with van der Waals surface area (Å²) in [6.45, 7) is 1.77. The van der Waals surface area contributed by atoms with Gasteiger partial charge in [0.2, 0.25) is 0 Å². The highest BCUT2D eigenvalue weighted by Gasteiger charge is 2.21. The Hall–Kier alpha value is -3.56. The van der Waals surface area contributed by atoms with Crippen molar-refractivity contribution in [3.63, 3.8) is 0 Å². The lowest BCUT2D eigenvalue weighted by atomic mass is 10.2. The van der Waals surface area contributed by atoms with Crippen LogP contribution in [0, 0.1) is 0 Å². The fourth-order valence-electron chi connectivity index (χ4n) is 2.81. The van der Waals surface area contributed by atoms with Crippen LogP contribution >= 0.6 is 11.6 Å². The van der Waals surface area contributed by atoms with E-state index in [4.69, 9.17) is 16.3 Å². The third kappa shape index (κ3) is 6.47. The van der Waals surface area contributed by atoms with Gasteiger partial charge in [0, 0.05) is 5.56 Å². The lowest BCUT2D eigenvalue weighted by molar-refractivity contribution is -0.128. The number of amides is 2. The summed E-state index contributed by atoms with van der Waals surface area (Å²) in [6, 6.07) is 20.6. The van der Waals surface area contributed by atoms with Crippen molar-refractivity contribution in [2.75, 3.05) is 4.72 Å². The second-order valence-corrected chi connectivity index (χ2v) is 8.97. The van der Waals surface area contributed by atoms with Gasteiger partial charge in [0.05, 0.1) is 15.6 Å². The van der Waals surface area contributed by atoms with Gasteiger partial charge in [-0.05, 0) is 48.9 Å². The van der Waals surface area contributed by atoms with Crippen LogP contribution in [0.1, 0.15) is 23.7 Å². The molecule has 3 N–H and O–H groups in total. The molecule has 172 valence electrons. The quantitative estimate of drug-likeness (QED) is 0.419. The van der Waals surface area contributed by atoms with Crippen molar-refractivity contribution in [1.29, 1.82) is 0 Å². The van der Waals surface area contributed by atoms with Gasteiger partial charge in [-0.1, -0.05) is 54.9 Å². The molecular formula is C23H22ClN3O5S. The van der Waals surface area contributed by atoms with Gasteiger partial charge in [-0.15, -0.1) is 0 Å². The molecule has 0 aliphatic rings. The first-order valence-corrected chi connectivity index (χ1v) is 11.9. The van der Waals surface area contributed by atoms with Crippen molar-refractivity contribution in [2.45, 2.75) is 24.3 Å². The zero-order valence-electron chi connectivity index (χ0n) is 17.6. The largest absolute Gasteiger partial charge is 0.481 e. The summed E-state index contributed by atoms with van der Waals surface area (Å²) in [4.78, 5) is 24.8. The van der Waals surface area contributed by atoms with Crippen LogP contribution < -0.4 is 20.3 Å². The average molecular weight is 488 g/mol. The van der Waals surface area contributed by atoms with E-state index in [2.05, 4.69) is 15.6 Å². The van der Waals surface area contributed by atoms with Gasteiger partial charge in [0.1, 0.15) is 5.75 Å². The van der Waals surface area contributed by atoms with Gasteiger partial charge in [0.25, 0.3) is 21.8 Å². The summed E-state index contributed by atoms with van der Waals surface area (Å²) in [6.07, 6.45) is -0.447. The molecule has 0 saturated heterocycles. The molecule has 10 heteroatoms. The Morgan fingerprint density at radius 2 is 1.64 bits per heavy atom. The molecule has 3 aromatic rings. The fourth-order valence-corrected chi connectivity index (χ4v) is 4.17. The molecule has 3 rings (SSSR count). The summed E-state index contributed by atoms with van der Waals surface area (Å²) >= 11 is 6.02. The smallest absolute Gasteiger partial charge is 0.279 e. The molecule has 0 fully saturated rings. The Bertz CT molecular complexity index is 1240. The van der Waals surface area contributed by atoms with E-state index in [0.717, 1.165) is 0 Å². The highest BCUT2D eigenvalue weighted by molar-refractivity contribution is 7.92. The van der Waals surface area contributed by atoms with Gasteiger partial charge in [0.15, 0.2) is 6.10 Å². The van der Waals surface area contributed by atoms with Gasteiger partial charge in [-0.25, -0.2) is 8.42 Å². The number of para-hydroxylation sites is 2. The zero-order valence-corrected chi connectivity index (χ0v) is 19.2. The minimum atomic E-state index is -4.00. The van der Waals surface area contributed by atoms with Crippen LogP contribution in [0.3, 0.4) is 0 Å². The summed E-state index contributed by atoms with van der Waals surface area (Å²) in [5, 5.41) is 0.237. The molecule has 1 unspecified atom stereocenters. The SMILES string of the molecule is CCC(Oc1ccccc1)C(=O)NNC(=O)c1cccc(S(=O)(=O)Nc2ccccc2Cl)c1. The molecule has 0 spiro atoms. The predicted molar refractivity (Wildman–Crippen MR) is 125 cm³/mol. The number of hydrogen-bond donors (Lipinski definition) is 3. The van der Waals surface area contributed by atoms with Crippen LogP contribution in [0.4, 0.5) is 5.69 Å². The molecule has 0 saturated carbocycles. The van der Waals surface area contributed by atoms with Gasteiger partial charge in [-0.2, -0.15) is 0 Å². The molecule has 33 heavy (non-hydrogen) atoms. The number of rotatable bonds is 8. The van der Waals surface area contributed by atoms with Crippen LogP contribution in [-0.2, 0) is 14.8 Å². The number of halogens is 1. The van der Waals surface area contributed by atoms with Crippen LogP contribution in [0.5, 0.6) is 5.75 Å². The molecule has 0 radical (unpaired) electrons. The van der Waals surface area contributed by atoms with E-state index in [-0.39, 0.29) is 21.2 Å². The number of hydrazine groups is 1. The summed E-state index contributed by atoms with van der Waals surface area (Å²) in [5.41, 5.74) is 4.84. The first-order valence-electron chi connectivity index (χ1n) is 9.99. The fraction of sp³-hybridized carbons (Fsp3) is 0.130. The third-order valence-electron chi connectivity index (χ3n) is 4.51. The second kappa shape index (κ2) is 10.8. The molecule has 0 bridgehead atoms. The normalized spacial score (nSPS) is 11.8. The number of nitrogens with one attached hydrogen (secondary N) is 3. The number of sulfonamides is 1. The highest BCUT2D eigenvalue weighted by atomic mass is 35.5. The van der Waals surface area contributed by atoms with Crippen LogP contribution in [0.25, 0.3) is 0 Å². The van der Waals surface area contributed by atoms with E-state index in [0.29, 0.717) is 12.2 Å². The molecule has 3 aromatic carbocycles. The maximum atomic E-state index is 12.7. The number of carbonyl (C=O) groups excluding carboxylic acids is 2. The summed E-state index contributed by atoms with van der Waals surface area (Å²) < 4.78 is 33.4. The van der Waals surface area contributed by atoms with Crippen LogP contribution in [0.15, 0.2) is 83.8 Å². The van der Waals surface area contributed by atoms with E-state index in [1.54, 1.807) is 49.4 Å². The van der Waals surface area contributed by atoms with E-state index in [1.165, 1.54) is 30.3 Å². The molecule has 0 aromatic heterocycles. The zero-order chi connectivity index (χ0) is 23.8. The van der Waals surface area contributed by atoms with Crippen LogP contribution in [0.2, 0.25) is 5.02 Å². The monoisotopic (exact) mass is 487 g/mol. The highest BCUT2D eigenvalue weighted by Crippen LogP contribution is 2.24. The van der Waals surface area contributed by atoms with E-state index < -0.39 is 27.9 Å². The average Bonchev–Trinajstić information content (AvgIpc) is 2.83. The molecular weight excluding hydrogens is 466 g/mol. The molecule has 0 heterocycles. The number of hydrogen-bond acceptors (Lipinski definition) is 5. The minimum Gasteiger partial charge on any atom is -0.481 e. The minimum absolute atomic E-state index is 0.0364. The van der Waals surface area contributed by atoms with Gasteiger partial charge < -0.3 is 4.74 Å². The van der Waals surface area contributed by atoms with Crippen molar-refractivity contribution < 1.29 is 22.7 Å². The van der Waals surface area contributed by atoms with Crippen molar-refractivity contribution in [3.8, 4) is 5.75 Å². The Balaban J connectivity index is 1.65. The lowest BCUT2D eigenvalue weighted by Crippen LogP contribution is -2.48. The maximum absolute atomic E-state index is 12.7. The van der Waals surface area contributed by atoms with Gasteiger partial charge >= 0.3 is 0 Å². The topological polar surface area (TPSA) is 114 Å². The standard InChI is InChI=1S/C23H22ClN3O5S/c1-2-21(32-17-10-4-3-5-11-17)23(29)26-25-22(28)16-9-8-12-18(15-16)33(30,31)27-20-14-7-6-13-19(20)24/h3-15,21,27H,2H2,1H3,(H,25,28)(H,26,29). The Kier molecular flexibility index (Phi) is 7.92. The van der Waals surface area contributed by atoms with Crippen molar-refractivity contribution in [3.05, 3.63) is 89.4 Å². The van der Waals surface area contributed by atoms with E-state index >= 15 is 0 Å². The lowest BCUT2D eigenvalue weighted by Gasteiger charge is -2.17. The number of benzene rings is 3. The molecule has 1 atom stereocenters. The second-order valence-electron chi connectivity index (χ2n) is 6.88. The summed E-state index contributed by atoms with van der Waals surface area (Å²) in [7, 11) is -4.00. The predicted octanol–water partition coefficient (Wildman–Crippen LogP) is 3.76. The molecule has 8 nitrogen and oxygen atoms in total. The van der Waals surface area contributed by atoms with Crippen LogP contribution in [-0.4, -0.2) is 26.3 Å². The Labute approximate surface area is 196 Å². The van der Waals surface area contributed by atoms with Crippen molar-refractivity contribution >= 4 is 39.1 Å². The van der Waals surface area contributed by atoms with Crippen molar-refractivity contribution in [2.24, 2.45) is 0 Å². The van der Waals surface area contributed by atoms with E-state index in [1.807, 2.05) is 6.07 Å². The van der Waals surface area contributed by atoms with Crippen molar-refractivity contribution in [1.82, 2.24) is 10.9 Å².